The zero-order valence-electron chi connectivity index (χ0n) is 20.9. The van der Waals surface area contributed by atoms with Crippen molar-refractivity contribution in [2.75, 3.05) is 13.1 Å². The third-order valence-corrected chi connectivity index (χ3v) is 6.86. The number of nitrogens with one attached hydrogen (secondary N) is 1. The number of halogens is 3. The minimum absolute atomic E-state index is 0.0204. The number of carbonyl (C=O) groups is 2. The molecule has 1 aliphatic heterocycles. The Morgan fingerprint density at radius 3 is 2.46 bits per heavy atom. The van der Waals surface area contributed by atoms with Gasteiger partial charge in [-0.3, -0.25) is 14.8 Å². The Hall–Kier alpha value is -3.65. The Balaban J connectivity index is 1.51. The van der Waals surface area contributed by atoms with E-state index in [-0.39, 0.29) is 43.7 Å². The number of benzene rings is 1. The van der Waals surface area contributed by atoms with Gasteiger partial charge in [-0.05, 0) is 49.7 Å². The molecule has 3 heterocycles. The number of carbonyl (C=O) groups excluding carboxylic acids is 2. The van der Waals surface area contributed by atoms with Crippen molar-refractivity contribution in [3.8, 4) is 5.82 Å². The standard InChI is InChI=1S/C26H29F3N6O4/c27-26(28,29)18-8-12-33(13-9-18)16-19-10-14-34(32-19)24-20(7-4-11-31-24)25(38)35(39)21(22(36)23(30)37)15-17-5-2-1-3-6-17/h1-7,10-11,14,18,21-22,35-36H,8-9,12-13,15-16H2,(H2,30,37). The Kier molecular flexibility index (Phi) is 8.75. The van der Waals surface area contributed by atoms with Crippen LogP contribution in [0.25, 0.3) is 5.82 Å². The first-order valence-corrected chi connectivity index (χ1v) is 12.4. The first-order chi connectivity index (χ1) is 18.5. The summed E-state index contributed by atoms with van der Waals surface area (Å²) >= 11 is 0. The summed E-state index contributed by atoms with van der Waals surface area (Å²) in [6.07, 6.45) is -3.15. The van der Waals surface area contributed by atoms with Gasteiger partial charge in [-0.25, -0.2) is 14.5 Å². The molecule has 4 N–H and O–H groups in total. The first-order valence-electron chi connectivity index (χ1n) is 12.4. The molecule has 3 atom stereocenters. The number of quaternary nitrogens is 1. The Morgan fingerprint density at radius 2 is 1.82 bits per heavy atom. The third kappa shape index (κ3) is 6.87. The lowest BCUT2D eigenvalue weighted by molar-refractivity contribution is -0.792. The molecule has 1 saturated heterocycles. The van der Waals surface area contributed by atoms with E-state index in [0.717, 1.165) is 0 Å². The average molecular weight is 547 g/mol. The number of nitrogens with zero attached hydrogens (tertiary/aromatic N) is 4. The van der Waals surface area contributed by atoms with E-state index < -0.39 is 41.1 Å². The van der Waals surface area contributed by atoms with Gasteiger partial charge in [0.25, 0.3) is 5.91 Å². The predicted molar refractivity (Wildman–Crippen MR) is 133 cm³/mol. The quantitative estimate of drug-likeness (QED) is 0.340. The monoisotopic (exact) mass is 546 g/mol. The number of amides is 2. The Labute approximate surface area is 222 Å². The number of alkyl halides is 3. The SMILES string of the molecule is NC(=O)C(O)C(Cc1ccccc1)[NH+]([O-])C(=O)c1cccnc1-n1ccc(CN2CCC(C(F)(F)F)CC2)n1. The summed E-state index contributed by atoms with van der Waals surface area (Å²) in [5.74, 6) is -3.33. The number of piperidine rings is 1. The molecule has 3 unspecified atom stereocenters. The molecule has 2 aromatic heterocycles. The van der Waals surface area contributed by atoms with Gasteiger partial charge in [0, 0.05) is 25.4 Å². The Bertz CT molecular complexity index is 1280. The summed E-state index contributed by atoms with van der Waals surface area (Å²) in [6, 6.07) is 11.7. The first kappa shape index (κ1) is 28.4. The van der Waals surface area contributed by atoms with Gasteiger partial charge in [-0.2, -0.15) is 18.3 Å². The summed E-state index contributed by atoms with van der Waals surface area (Å²) in [6.45, 7) is 0.879. The molecule has 0 radical (unpaired) electrons. The summed E-state index contributed by atoms with van der Waals surface area (Å²) in [4.78, 5) is 31.2. The van der Waals surface area contributed by atoms with E-state index in [1.165, 1.54) is 23.0 Å². The molecule has 0 saturated carbocycles. The molecule has 13 heteroatoms. The average Bonchev–Trinajstić information content (AvgIpc) is 3.39. The number of pyridine rings is 1. The minimum Gasteiger partial charge on any atom is -0.626 e. The van der Waals surface area contributed by atoms with Crippen LogP contribution in [0.3, 0.4) is 0 Å². The molecule has 4 rings (SSSR count). The topological polar surface area (TPSA) is 142 Å². The molecule has 39 heavy (non-hydrogen) atoms. The Morgan fingerprint density at radius 1 is 1.13 bits per heavy atom. The maximum absolute atomic E-state index is 13.3. The highest BCUT2D eigenvalue weighted by Crippen LogP contribution is 2.34. The maximum Gasteiger partial charge on any atom is 0.391 e. The molecule has 3 aromatic rings. The number of hydroxylamine groups is 2. The van der Waals surface area contributed by atoms with Crippen LogP contribution in [0.15, 0.2) is 60.9 Å². The zero-order valence-corrected chi connectivity index (χ0v) is 20.9. The molecule has 1 aliphatic rings. The van der Waals surface area contributed by atoms with Crippen molar-refractivity contribution < 1.29 is 32.9 Å². The van der Waals surface area contributed by atoms with Gasteiger partial charge in [0.2, 0.25) is 0 Å². The fourth-order valence-electron chi connectivity index (χ4n) is 4.68. The number of hydrogen-bond donors (Lipinski definition) is 3. The van der Waals surface area contributed by atoms with Crippen LogP contribution in [0, 0.1) is 11.1 Å². The summed E-state index contributed by atoms with van der Waals surface area (Å²) in [5, 5.41) is 27.1. The number of aromatic nitrogens is 3. The van der Waals surface area contributed by atoms with Crippen molar-refractivity contribution in [3.63, 3.8) is 0 Å². The van der Waals surface area contributed by atoms with Crippen LogP contribution in [0.4, 0.5) is 13.2 Å². The van der Waals surface area contributed by atoms with Crippen LogP contribution in [0.5, 0.6) is 0 Å². The van der Waals surface area contributed by atoms with Gasteiger partial charge in [-0.15, -0.1) is 0 Å². The summed E-state index contributed by atoms with van der Waals surface area (Å²) in [7, 11) is 0. The van der Waals surface area contributed by atoms with Gasteiger partial charge in [0.05, 0.1) is 11.6 Å². The zero-order chi connectivity index (χ0) is 28.2. The highest BCUT2D eigenvalue weighted by atomic mass is 19.4. The molecule has 1 fully saturated rings. The fraction of sp³-hybridized carbons (Fsp3) is 0.385. The van der Waals surface area contributed by atoms with E-state index in [1.807, 2.05) is 4.90 Å². The van der Waals surface area contributed by atoms with Crippen molar-refractivity contribution in [2.24, 2.45) is 11.7 Å². The van der Waals surface area contributed by atoms with Crippen molar-refractivity contribution in [1.29, 1.82) is 0 Å². The maximum atomic E-state index is 13.3. The van der Waals surface area contributed by atoms with Crippen LogP contribution in [-0.4, -0.2) is 68.0 Å². The van der Waals surface area contributed by atoms with Gasteiger partial charge in [-0.1, -0.05) is 30.3 Å². The molecular formula is C26H29F3N6O4. The van der Waals surface area contributed by atoms with Crippen molar-refractivity contribution in [2.45, 2.75) is 44.1 Å². The van der Waals surface area contributed by atoms with Crippen LogP contribution in [0.2, 0.25) is 0 Å². The van der Waals surface area contributed by atoms with Gasteiger partial charge in [0.1, 0.15) is 11.6 Å². The number of primary amides is 1. The van der Waals surface area contributed by atoms with Crippen LogP contribution >= 0.6 is 0 Å². The summed E-state index contributed by atoms with van der Waals surface area (Å²) < 4.78 is 40.2. The second-order valence-corrected chi connectivity index (χ2v) is 9.56. The van der Waals surface area contributed by atoms with E-state index in [4.69, 9.17) is 5.73 Å². The van der Waals surface area contributed by atoms with Crippen molar-refractivity contribution in [3.05, 3.63) is 83.0 Å². The van der Waals surface area contributed by atoms with E-state index in [1.54, 1.807) is 42.6 Å². The van der Waals surface area contributed by atoms with Crippen LogP contribution in [-0.2, 0) is 17.8 Å². The second kappa shape index (κ2) is 12.0. The third-order valence-electron chi connectivity index (χ3n) is 6.86. The molecule has 0 spiro atoms. The second-order valence-electron chi connectivity index (χ2n) is 9.56. The number of likely N-dealkylation sites (tertiary alicyclic amines) is 1. The largest absolute Gasteiger partial charge is 0.626 e. The number of aliphatic hydroxyl groups is 1. The molecule has 0 bridgehead atoms. The predicted octanol–water partition coefficient (Wildman–Crippen LogP) is 1.02. The van der Waals surface area contributed by atoms with Crippen molar-refractivity contribution in [1.82, 2.24) is 19.7 Å². The van der Waals surface area contributed by atoms with Crippen LogP contribution < -0.4 is 10.8 Å². The van der Waals surface area contributed by atoms with E-state index in [9.17, 15) is 33.1 Å². The van der Waals surface area contributed by atoms with Gasteiger partial charge in [0.15, 0.2) is 11.9 Å². The van der Waals surface area contributed by atoms with Gasteiger partial charge < -0.3 is 16.0 Å². The minimum atomic E-state index is -4.19. The lowest BCUT2D eigenvalue weighted by Crippen LogP contribution is -3.16. The highest BCUT2D eigenvalue weighted by Gasteiger charge is 2.41. The molecule has 0 aliphatic carbocycles. The highest BCUT2D eigenvalue weighted by molar-refractivity contribution is 5.91. The van der Waals surface area contributed by atoms with Gasteiger partial charge >= 0.3 is 12.1 Å². The summed E-state index contributed by atoms with van der Waals surface area (Å²) in [5.41, 5.74) is 6.36. The smallest absolute Gasteiger partial charge is 0.391 e. The van der Waals surface area contributed by atoms with E-state index in [2.05, 4.69) is 10.1 Å². The van der Waals surface area contributed by atoms with Crippen LogP contribution in [0.1, 0.15) is 34.5 Å². The molecule has 208 valence electrons. The molecule has 2 amide bonds. The number of aliphatic hydroxyl groups excluding tert-OH is 1. The normalized spacial score (nSPS) is 17.5. The molecule has 1 aromatic carbocycles. The number of rotatable bonds is 9. The lowest BCUT2D eigenvalue weighted by Gasteiger charge is -2.32. The van der Waals surface area contributed by atoms with E-state index in [0.29, 0.717) is 17.8 Å². The van der Waals surface area contributed by atoms with E-state index >= 15 is 0 Å². The number of nitrogens with two attached hydrogens (primary N) is 1. The number of hydrogen-bond acceptors (Lipinski definition) is 7. The lowest BCUT2D eigenvalue weighted by atomic mass is 9.96. The fourth-order valence-corrected chi connectivity index (χ4v) is 4.68. The van der Waals surface area contributed by atoms with Crippen molar-refractivity contribution >= 4 is 11.8 Å². The molecular weight excluding hydrogens is 517 g/mol. The molecule has 10 nitrogen and oxygen atoms in total.